The minimum Gasteiger partial charge on any atom is -0.507 e. The second-order valence-corrected chi connectivity index (χ2v) is 5.60. The number of phenols is 1. The van der Waals surface area contributed by atoms with Crippen molar-refractivity contribution in [1.29, 1.82) is 0 Å². The number of benzene rings is 2. The first-order valence-electron chi connectivity index (χ1n) is 6.49. The van der Waals surface area contributed by atoms with Crippen LogP contribution in [-0.4, -0.2) is 36.7 Å². The molecule has 0 aliphatic rings. The Morgan fingerprint density at radius 1 is 1.05 bits per heavy atom. The number of phenolic OH excluding ortho intramolecular Hbond substituents is 1. The molecule has 22 heavy (non-hydrogen) atoms. The lowest BCUT2D eigenvalue weighted by atomic mass is 10.2. The molecule has 0 aliphatic carbocycles. The van der Waals surface area contributed by atoms with E-state index in [2.05, 4.69) is 9.98 Å². The third-order valence-corrected chi connectivity index (χ3v) is 3.29. The third-order valence-electron chi connectivity index (χ3n) is 2.71. The SMILES string of the molecule is CN(C)/C=N\c1c(Cl)cc(/N=C/c2ccccc2O)cc1Cl. The fourth-order valence-corrected chi connectivity index (χ4v) is 2.24. The van der Waals surface area contributed by atoms with Crippen LogP contribution in [0.3, 0.4) is 0 Å². The van der Waals surface area contributed by atoms with E-state index in [4.69, 9.17) is 23.2 Å². The van der Waals surface area contributed by atoms with E-state index in [0.29, 0.717) is 27.0 Å². The van der Waals surface area contributed by atoms with E-state index in [9.17, 15) is 5.11 Å². The average Bonchev–Trinajstić information content (AvgIpc) is 2.45. The Morgan fingerprint density at radius 3 is 2.27 bits per heavy atom. The van der Waals surface area contributed by atoms with Gasteiger partial charge in [-0.1, -0.05) is 35.3 Å². The number of rotatable bonds is 4. The molecule has 6 heteroatoms. The van der Waals surface area contributed by atoms with Gasteiger partial charge in [-0.15, -0.1) is 0 Å². The summed E-state index contributed by atoms with van der Waals surface area (Å²) in [6.07, 6.45) is 3.18. The molecule has 0 saturated carbocycles. The first kappa shape index (κ1) is 16.3. The first-order chi connectivity index (χ1) is 10.5. The summed E-state index contributed by atoms with van der Waals surface area (Å²) in [5.74, 6) is 0.163. The van der Waals surface area contributed by atoms with Crippen molar-refractivity contribution in [3.8, 4) is 5.75 Å². The molecule has 0 amide bonds. The summed E-state index contributed by atoms with van der Waals surface area (Å²) >= 11 is 12.4. The van der Waals surface area contributed by atoms with Gasteiger partial charge in [0.2, 0.25) is 0 Å². The van der Waals surface area contributed by atoms with Crippen LogP contribution in [0.25, 0.3) is 0 Å². The third kappa shape index (κ3) is 4.23. The van der Waals surface area contributed by atoms with Crippen LogP contribution in [0.4, 0.5) is 11.4 Å². The second-order valence-electron chi connectivity index (χ2n) is 4.78. The number of aliphatic imine (C=N–C) groups is 2. The van der Waals surface area contributed by atoms with E-state index < -0.39 is 0 Å². The van der Waals surface area contributed by atoms with Crippen LogP contribution >= 0.6 is 23.2 Å². The Labute approximate surface area is 139 Å². The summed E-state index contributed by atoms with van der Waals surface area (Å²) in [4.78, 5) is 10.3. The van der Waals surface area contributed by atoms with Gasteiger partial charge >= 0.3 is 0 Å². The summed E-state index contributed by atoms with van der Waals surface area (Å²) < 4.78 is 0. The molecule has 2 rings (SSSR count). The summed E-state index contributed by atoms with van der Waals surface area (Å²) in [5, 5.41) is 10.5. The summed E-state index contributed by atoms with van der Waals surface area (Å²) in [6.45, 7) is 0. The summed E-state index contributed by atoms with van der Waals surface area (Å²) in [7, 11) is 3.71. The maximum atomic E-state index is 9.70. The number of aromatic hydroxyl groups is 1. The van der Waals surface area contributed by atoms with Crippen molar-refractivity contribution < 1.29 is 5.11 Å². The molecule has 114 valence electrons. The fourth-order valence-electron chi connectivity index (χ4n) is 1.66. The van der Waals surface area contributed by atoms with Crippen molar-refractivity contribution in [2.45, 2.75) is 0 Å². The van der Waals surface area contributed by atoms with Crippen LogP contribution in [0.5, 0.6) is 5.75 Å². The quantitative estimate of drug-likeness (QED) is 0.651. The van der Waals surface area contributed by atoms with Crippen LogP contribution in [0.2, 0.25) is 10.0 Å². The average molecular weight is 336 g/mol. The molecule has 0 bridgehead atoms. The van der Waals surface area contributed by atoms with Crippen LogP contribution in [-0.2, 0) is 0 Å². The highest BCUT2D eigenvalue weighted by Gasteiger charge is 2.07. The number of hydrogen-bond donors (Lipinski definition) is 1. The molecule has 0 saturated heterocycles. The monoisotopic (exact) mass is 335 g/mol. The molecule has 0 unspecified atom stereocenters. The van der Waals surface area contributed by atoms with Crippen molar-refractivity contribution in [3.63, 3.8) is 0 Å². The van der Waals surface area contributed by atoms with E-state index in [1.807, 2.05) is 20.2 Å². The molecule has 2 aromatic carbocycles. The minimum absolute atomic E-state index is 0.163. The van der Waals surface area contributed by atoms with Crippen LogP contribution < -0.4 is 0 Å². The van der Waals surface area contributed by atoms with Crippen molar-refractivity contribution in [2.24, 2.45) is 9.98 Å². The first-order valence-corrected chi connectivity index (χ1v) is 7.24. The zero-order chi connectivity index (χ0) is 16.1. The van der Waals surface area contributed by atoms with Gasteiger partial charge in [-0.05, 0) is 24.3 Å². The molecule has 0 aliphatic heterocycles. The van der Waals surface area contributed by atoms with Crippen molar-refractivity contribution >= 4 is 47.1 Å². The van der Waals surface area contributed by atoms with Gasteiger partial charge in [0, 0.05) is 25.9 Å². The van der Waals surface area contributed by atoms with Gasteiger partial charge in [-0.2, -0.15) is 0 Å². The molecule has 0 aromatic heterocycles. The highest BCUT2D eigenvalue weighted by atomic mass is 35.5. The molecule has 0 heterocycles. The molecule has 0 fully saturated rings. The topological polar surface area (TPSA) is 48.2 Å². The van der Waals surface area contributed by atoms with Gasteiger partial charge in [0.05, 0.1) is 22.1 Å². The zero-order valence-corrected chi connectivity index (χ0v) is 13.7. The normalized spacial score (nSPS) is 11.5. The van der Waals surface area contributed by atoms with Gasteiger partial charge in [-0.3, -0.25) is 4.99 Å². The van der Waals surface area contributed by atoms with Crippen LogP contribution in [0, 0.1) is 0 Å². The van der Waals surface area contributed by atoms with Crippen LogP contribution in [0.15, 0.2) is 46.4 Å². The van der Waals surface area contributed by atoms with E-state index in [0.717, 1.165) is 0 Å². The Bertz CT molecular complexity index is 704. The molecular weight excluding hydrogens is 321 g/mol. The minimum atomic E-state index is 0.163. The zero-order valence-electron chi connectivity index (χ0n) is 12.2. The number of para-hydroxylation sites is 1. The predicted molar refractivity (Wildman–Crippen MR) is 93.7 cm³/mol. The van der Waals surface area contributed by atoms with Crippen LogP contribution in [0.1, 0.15) is 5.56 Å². The molecule has 0 spiro atoms. The highest BCUT2D eigenvalue weighted by molar-refractivity contribution is 6.39. The van der Waals surface area contributed by atoms with Gasteiger partial charge in [-0.25, -0.2) is 4.99 Å². The Hall–Kier alpha value is -2.04. The number of nitrogens with zero attached hydrogens (tertiary/aromatic N) is 3. The molecule has 0 radical (unpaired) electrons. The fraction of sp³-hybridized carbons (Fsp3) is 0.125. The number of hydrogen-bond acceptors (Lipinski definition) is 3. The molecule has 1 N–H and O–H groups in total. The lowest BCUT2D eigenvalue weighted by molar-refractivity contribution is 0.474. The van der Waals surface area contributed by atoms with E-state index in [1.165, 1.54) is 0 Å². The summed E-state index contributed by atoms with van der Waals surface area (Å²) in [5.41, 5.74) is 1.70. The smallest absolute Gasteiger partial charge is 0.124 e. The van der Waals surface area contributed by atoms with E-state index >= 15 is 0 Å². The van der Waals surface area contributed by atoms with Gasteiger partial charge in [0.1, 0.15) is 11.4 Å². The molecule has 2 aromatic rings. The standard InChI is InChI=1S/C16H15Cl2N3O/c1-21(2)10-20-16-13(17)7-12(8-14(16)18)19-9-11-5-3-4-6-15(11)22/h3-10,22H,1-2H3/b19-9+,20-10-. The molecule has 0 atom stereocenters. The highest BCUT2D eigenvalue weighted by Crippen LogP contribution is 2.37. The van der Waals surface area contributed by atoms with Crippen molar-refractivity contribution in [3.05, 3.63) is 52.0 Å². The Morgan fingerprint density at radius 2 is 1.68 bits per heavy atom. The molecular formula is C16H15Cl2N3O. The van der Waals surface area contributed by atoms with Gasteiger partial charge in [0.15, 0.2) is 0 Å². The van der Waals surface area contributed by atoms with Crippen molar-refractivity contribution in [2.75, 3.05) is 14.1 Å². The second kappa shape index (κ2) is 7.29. The lowest BCUT2D eigenvalue weighted by Gasteiger charge is -2.06. The summed E-state index contributed by atoms with van der Waals surface area (Å²) in [6, 6.07) is 10.3. The van der Waals surface area contributed by atoms with E-state index in [1.54, 1.807) is 47.8 Å². The lowest BCUT2D eigenvalue weighted by Crippen LogP contribution is -2.07. The van der Waals surface area contributed by atoms with E-state index in [-0.39, 0.29) is 5.75 Å². The Kier molecular flexibility index (Phi) is 5.41. The van der Waals surface area contributed by atoms with Gasteiger partial charge in [0.25, 0.3) is 0 Å². The maximum Gasteiger partial charge on any atom is 0.124 e. The largest absolute Gasteiger partial charge is 0.507 e. The number of halogens is 2. The predicted octanol–water partition coefficient (Wildman–Crippen LogP) is 4.67. The van der Waals surface area contributed by atoms with Gasteiger partial charge < -0.3 is 10.0 Å². The van der Waals surface area contributed by atoms with Crippen molar-refractivity contribution in [1.82, 2.24) is 4.90 Å². The maximum absolute atomic E-state index is 9.70. The molecule has 4 nitrogen and oxygen atoms in total. The Balaban J connectivity index is 2.29.